The molecular weight excluding hydrogens is 384 g/mol. The van der Waals surface area contributed by atoms with Crippen molar-refractivity contribution in [1.82, 2.24) is 4.90 Å². The van der Waals surface area contributed by atoms with Crippen LogP contribution >= 0.6 is 0 Å². The van der Waals surface area contributed by atoms with Crippen molar-refractivity contribution in [2.45, 2.75) is 33.3 Å². The van der Waals surface area contributed by atoms with Gasteiger partial charge in [-0.25, -0.2) is 4.79 Å². The Labute approximate surface area is 177 Å². The molecule has 2 aromatic rings. The summed E-state index contributed by atoms with van der Waals surface area (Å²) in [4.78, 5) is 38.1. The Morgan fingerprint density at radius 2 is 1.67 bits per heavy atom. The van der Waals surface area contributed by atoms with E-state index < -0.39 is 18.0 Å². The van der Waals surface area contributed by atoms with Gasteiger partial charge in [0.25, 0.3) is 5.91 Å². The van der Waals surface area contributed by atoms with Gasteiger partial charge in [0, 0.05) is 12.7 Å². The summed E-state index contributed by atoms with van der Waals surface area (Å²) in [5, 5.41) is 2.73. The lowest BCUT2D eigenvalue weighted by atomic mass is 10.2. The molecule has 0 saturated carbocycles. The van der Waals surface area contributed by atoms with Gasteiger partial charge in [-0.15, -0.1) is 0 Å². The Kier molecular flexibility index (Phi) is 8.41. The summed E-state index contributed by atoms with van der Waals surface area (Å²) >= 11 is 0. The molecule has 0 aromatic heterocycles. The number of benzene rings is 2. The third-order valence-corrected chi connectivity index (χ3v) is 4.29. The number of ether oxygens (including phenoxy) is 2. The fourth-order valence-electron chi connectivity index (χ4n) is 2.63. The van der Waals surface area contributed by atoms with Gasteiger partial charge in [0.2, 0.25) is 5.91 Å². The van der Waals surface area contributed by atoms with Crippen LogP contribution in [0.1, 0.15) is 36.2 Å². The highest BCUT2D eigenvalue weighted by Gasteiger charge is 2.23. The van der Waals surface area contributed by atoms with Crippen LogP contribution < -0.4 is 10.1 Å². The van der Waals surface area contributed by atoms with Crippen molar-refractivity contribution < 1.29 is 23.9 Å². The number of carbonyl (C=O) groups excluding carboxylic acids is 3. The maximum absolute atomic E-state index is 12.5. The van der Waals surface area contributed by atoms with Crippen molar-refractivity contribution >= 4 is 23.5 Å². The van der Waals surface area contributed by atoms with Gasteiger partial charge in [-0.05, 0) is 56.7 Å². The highest BCUT2D eigenvalue weighted by molar-refractivity contribution is 5.96. The topological polar surface area (TPSA) is 84.9 Å². The van der Waals surface area contributed by atoms with Gasteiger partial charge in [-0.3, -0.25) is 9.59 Å². The fraction of sp³-hybridized carbons (Fsp3) is 0.348. The van der Waals surface area contributed by atoms with Gasteiger partial charge in [-0.2, -0.15) is 0 Å². The van der Waals surface area contributed by atoms with E-state index in [0.29, 0.717) is 23.6 Å². The zero-order valence-corrected chi connectivity index (χ0v) is 17.8. The Morgan fingerprint density at radius 1 is 1.03 bits per heavy atom. The summed E-state index contributed by atoms with van der Waals surface area (Å²) < 4.78 is 10.7. The van der Waals surface area contributed by atoms with Gasteiger partial charge in [-0.1, -0.05) is 24.6 Å². The number of likely N-dealkylation sites (N-methyl/N-ethyl adjacent to an activating group) is 1. The van der Waals surface area contributed by atoms with E-state index in [4.69, 9.17) is 9.47 Å². The number of hydrogen-bond acceptors (Lipinski definition) is 5. The highest BCUT2D eigenvalue weighted by atomic mass is 16.5. The zero-order valence-electron chi connectivity index (χ0n) is 17.8. The molecule has 0 aliphatic heterocycles. The number of amides is 2. The molecule has 0 fully saturated rings. The van der Waals surface area contributed by atoms with Crippen molar-refractivity contribution in [3.63, 3.8) is 0 Å². The van der Waals surface area contributed by atoms with Gasteiger partial charge < -0.3 is 19.7 Å². The molecule has 0 bridgehead atoms. The fourth-order valence-corrected chi connectivity index (χ4v) is 2.63. The maximum atomic E-state index is 12.5. The molecule has 2 amide bonds. The minimum absolute atomic E-state index is 0.155. The molecule has 0 saturated heterocycles. The average molecular weight is 412 g/mol. The summed E-state index contributed by atoms with van der Waals surface area (Å²) in [5.41, 5.74) is 2.05. The molecule has 0 unspecified atom stereocenters. The van der Waals surface area contributed by atoms with E-state index in [2.05, 4.69) is 5.32 Å². The third-order valence-electron chi connectivity index (χ3n) is 4.29. The van der Waals surface area contributed by atoms with Gasteiger partial charge >= 0.3 is 5.97 Å². The molecule has 0 aliphatic rings. The molecule has 0 heterocycles. The van der Waals surface area contributed by atoms with Crippen molar-refractivity contribution in [3.05, 3.63) is 59.7 Å². The highest BCUT2D eigenvalue weighted by Crippen LogP contribution is 2.14. The van der Waals surface area contributed by atoms with E-state index in [1.165, 1.54) is 18.9 Å². The predicted molar refractivity (Wildman–Crippen MR) is 115 cm³/mol. The van der Waals surface area contributed by atoms with Crippen LogP contribution in [-0.2, 0) is 14.3 Å². The minimum atomic E-state index is -1.02. The molecule has 1 N–H and O–H groups in total. The third kappa shape index (κ3) is 6.92. The van der Waals surface area contributed by atoms with Crippen molar-refractivity contribution in [1.29, 1.82) is 0 Å². The van der Waals surface area contributed by atoms with E-state index in [0.717, 1.165) is 12.0 Å². The normalized spacial score (nSPS) is 11.3. The smallest absolute Gasteiger partial charge is 0.338 e. The van der Waals surface area contributed by atoms with Crippen molar-refractivity contribution in [3.8, 4) is 5.75 Å². The molecule has 2 aromatic carbocycles. The number of hydrogen-bond donors (Lipinski definition) is 1. The van der Waals surface area contributed by atoms with Crippen molar-refractivity contribution in [2.24, 2.45) is 0 Å². The molecule has 160 valence electrons. The van der Waals surface area contributed by atoms with Crippen LogP contribution in [0.3, 0.4) is 0 Å². The first kappa shape index (κ1) is 22.9. The van der Waals surface area contributed by atoms with E-state index >= 15 is 0 Å². The Morgan fingerprint density at radius 3 is 2.27 bits per heavy atom. The SMILES string of the molecule is CCCOc1ccc(C(=O)O[C@@H](C)C(=O)N(C)CC(=O)Nc2ccc(C)cc2)cc1. The monoisotopic (exact) mass is 412 g/mol. The van der Waals surface area contributed by atoms with E-state index in [1.54, 1.807) is 36.4 Å². The van der Waals surface area contributed by atoms with Gasteiger partial charge in [0.15, 0.2) is 6.10 Å². The standard InChI is InChI=1S/C23H28N2O5/c1-5-14-29-20-12-8-18(9-13-20)23(28)30-17(3)22(27)25(4)15-21(26)24-19-10-6-16(2)7-11-19/h6-13,17H,5,14-15H2,1-4H3,(H,24,26)/t17-/m0/s1. The lowest BCUT2D eigenvalue weighted by molar-refractivity contribution is -0.140. The predicted octanol–water partition coefficient (Wildman–Crippen LogP) is 3.43. The van der Waals surface area contributed by atoms with Crippen LogP contribution in [0.4, 0.5) is 5.69 Å². The molecule has 7 nitrogen and oxygen atoms in total. The van der Waals surface area contributed by atoms with Crippen LogP contribution in [0.5, 0.6) is 5.75 Å². The van der Waals surface area contributed by atoms with Gasteiger partial charge in [0.05, 0.1) is 18.7 Å². The quantitative estimate of drug-likeness (QED) is 0.638. The second kappa shape index (κ2) is 11.0. The van der Waals surface area contributed by atoms with Crippen molar-refractivity contribution in [2.75, 3.05) is 25.5 Å². The lowest BCUT2D eigenvalue weighted by Crippen LogP contribution is -2.41. The summed E-state index contributed by atoms with van der Waals surface area (Å²) in [5.74, 6) is -0.756. The average Bonchev–Trinajstić information content (AvgIpc) is 2.73. The van der Waals surface area contributed by atoms with E-state index in [1.807, 2.05) is 26.0 Å². The molecule has 7 heteroatoms. The first-order valence-corrected chi connectivity index (χ1v) is 9.85. The Bertz CT molecular complexity index is 862. The summed E-state index contributed by atoms with van der Waals surface area (Å²) in [6.45, 7) is 5.88. The number of esters is 1. The Balaban J connectivity index is 1.85. The van der Waals surface area contributed by atoms with Crippen LogP contribution in [0.15, 0.2) is 48.5 Å². The molecule has 1 atom stereocenters. The number of nitrogens with one attached hydrogen (secondary N) is 1. The molecule has 0 spiro atoms. The largest absolute Gasteiger partial charge is 0.494 e. The maximum Gasteiger partial charge on any atom is 0.338 e. The second-order valence-corrected chi connectivity index (χ2v) is 7.03. The summed E-state index contributed by atoms with van der Waals surface area (Å²) in [7, 11) is 1.49. The summed E-state index contributed by atoms with van der Waals surface area (Å²) in [6, 6.07) is 13.9. The molecule has 0 radical (unpaired) electrons. The van der Waals surface area contributed by atoms with Gasteiger partial charge in [0.1, 0.15) is 5.75 Å². The molecular formula is C23H28N2O5. The molecule has 2 rings (SSSR count). The first-order valence-electron chi connectivity index (χ1n) is 9.85. The summed E-state index contributed by atoms with van der Waals surface area (Å²) in [6.07, 6.45) is -0.134. The van der Waals surface area contributed by atoms with E-state index in [-0.39, 0.29) is 12.5 Å². The van der Waals surface area contributed by atoms with Crippen LogP contribution in [0, 0.1) is 6.92 Å². The first-order chi connectivity index (χ1) is 14.3. The number of rotatable bonds is 9. The zero-order chi connectivity index (χ0) is 22.1. The number of aryl methyl sites for hydroxylation is 1. The lowest BCUT2D eigenvalue weighted by Gasteiger charge is -2.21. The van der Waals surface area contributed by atoms with Crippen LogP contribution in [0.2, 0.25) is 0 Å². The minimum Gasteiger partial charge on any atom is -0.494 e. The van der Waals surface area contributed by atoms with Crippen LogP contribution in [0.25, 0.3) is 0 Å². The van der Waals surface area contributed by atoms with Crippen LogP contribution in [-0.4, -0.2) is 49.0 Å². The number of carbonyl (C=O) groups is 3. The number of nitrogens with zero attached hydrogens (tertiary/aromatic N) is 1. The molecule has 30 heavy (non-hydrogen) atoms. The second-order valence-electron chi connectivity index (χ2n) is 7.03. The van der Waals surface area contributed by atoms with E-state index in [9.17, 15) is 14.4 Å². The number of anilines is 1. The Hall–Kier alpha value is -3.35. The molecule has 0 aliphatic carbocycles.